The molecule has 1 aromatic carbocycles. The average Bonchev–Trinajstić information content (AvgIpc) is 3.52. The van der Waals surface area contributed by atoms with Crippen LogP contribution in [0.2, 0.25) is 0 Å². The summed E-state index contributed by atoms with van der Waals surface area (Å²) in [4.78, 5) is 26.6. The molecule has 0 bridgehead atoms. The quantitative estimate of drug-likeness (QED) is 0.443. The number of ether oxygens (including phenoxy) is 3. The molecule has 196 valence electrons. The second-order valence-electron chi connectivity index (χ2n) is 10.4. The highest BCUT2D eigenvalue weighted by Crippen LogP contribution is 2.30. The van der Waals surface area contributed by atoms with Crippen molar-refractivity contribution in [3.63, 3.8) is 0 Å². The van der Waals surface area contributed by atoms with E-state index >= 15 is 0 Å². The number of carbonyl (C=O) groups excluding carboxylic acids is 2. The number of rotatable bonds is 8. The normalized spacial score (nSPS) is 20.4. The first kappa shape index (κ1) is 26.0. The highest BCUT2D eigenvalue weighted by molar-refractivity contribution is 5.72. The van der Waals surface area contributed by atoms with Gasteiger partial charge >= 0.3 is 12.1 Å². The van der Waals surface area contributed by atoms with Gasteiger partial charge in [-0.15, -0.1) is 0 Å². The second-order valence-corrected chi connectivity index (χ2v) is 10.4. The summed E-state index contributed by atoms with van der Waals surface area (Å²) in [6.07, 6.45) is 9.21. The Bertz CT molecular complexity index is 1030. The minimum absolute atomic E-state index is 0.00640. The molecular formula is C28H39N3O5. The van der Waals surface area contributed by atoms with Crippen LogP contribution in [0.4, 0.5) is 4.79 Å². The summed E-state index contributed by atoms with van der Waals surface area (Å²) in [5, 5.41) is 4.50. The number of esters is 1. The van der Waals surface area contributed by atoms with Crippen molar-refractivity contribution in [3.8, 4) is 11.4 Å². The van der Waals surface area contributed by atoms with Crippen molar-refractivity contribution in [3.05, 3.63) is 41.7 Å². The zero-order chi connectivity index (χ0) is 25.7. The molecule has 2 saturated carbocycles. The van der Waals surface area contributed by atoms with Crippen LogP contribution in [0.1, 0.15) is 76.5 Å². The van der Waals surface area contributed by atoms with E-state index in [4.69, 9.17) is 14.2 Å². The van der Waals surface area contributed by atoms with E-state index in [0.717, 1.165) is 54.8 Å². The fourth-order valence-electron chi connectivity index (χ4n) is 5.18. The standard InChI is InChI=1S/C28H39N3O5/c1-19(2)35-27(32)21-8-7-11-25(16-21)36-24-14-12-23(13-15-24)31-26(20(3)17-29-31)18-34-28(33)30(4)22-9-5-6-10-22/h12-15,17,19,21-22,25H,5-11,16,18H2,1-4H3/t21-,25-/m0/s1. The summed E-state index contributed by atoms with van der Waals surface area (Å²) in [6, 6.07) is 8.02. The minimum Gasteiger partial charge on any atom is -0.490 e. The lowest BCUT2D eigenvalue weighted by Gasteiger charge is -2.29. The molecule has 1 aromatic heterocycles. The van der Waals surface area contributed by atoms with Crippen LogP contribution in [0.25, 0.3) is 5.69 Å². The van der Waals surface area contributed by atoms with E-state index in [1.165, 1.54) is 12.8 Å². The van der Waals surface area contributed by atoms with Crippen LogP contribution in [0, 0.1) is 12.8 Å². The highest BCUT2D eigenvalue weighted by atomic mass is 16.6. The van der Waals surface area contributed by atoms with Crippen molar-refractivity contribution in [2.24, 2.45) is 5.92 Å². The predicted molar refractivity (Wildman–Crippen MR) is 136 cm³/mol. The van der Waals surface area contributed by atoms with Gasteiger partial charge in [-0.3, -0.25) is 4.79 Å². The molecule has 2 fully saturated rings. The maximum atomic E-state index is 12.6. The molecule has 8 heteroatoms. The highest BCUT2D eigenvalue weighted by Gasteiger charge is 2.30. The minimum atomic E-state index is -0.291. The first-order chi connectivity index (χ1) is 17.3. The fourth-order valence-corrected chi connectivity index (χ4v) is 5.18. The summed E-state index contributed by atoms with van der Waals surface area (Å²) in [7, 11) is 1.82. The number of aromatic nitrogens is 2. The molecule has 0 unspecified atom stereocenters. The van der Waals surface area contributed by atoms with E-state index in [9.17, 15) is 9.59 Å². The van der Waals surface area contributed by atoms with Crippen LogP contribution in [-0.2, 0) is 20.9 Å². The van der Waals surface area contributed by atoms with Gasteiger partial charge in [0.15, 0.2) is 0 Å². The topological polar surface area (TPSA) is 82.9 Å². The van der Waals surface area contributed by atoms with Gasteiger partial charge in [0.25, 0.3) is 0 Å². The van der Waals surface area contributed by atoms with Crippen LogP contribution in [0.3, 0.4) is 0 Å². The maximum Gasteiger partial charge on any atom is 0.410 e. The van der Waals surface area contributed by atoms with Gasteiger partial charge in [0.05, 0.1) is 35.7 Å². The Morgan fingerprint density at radius 1 is 1.08 bits per heavy atom. The third kappa shape index (κ3) is 6.39. The molecular weight excluding hydrogens is 458 g/mol. The van der Waals surface area contributed by atoms with E-state index in [-0.39, 0.29) is 42.8 Å². The van der Waals surface area contributed by atoms with E-state index in [2.05, 4.69) is 5.10 Å². The smallest absolute Gasteiger partial charge is 0.410 e. The van der Waals surface area contributed by atoms with Gasteiger partial charge in [0, 0.05) is 13.1 Å². The third-order valence-electron chi connectivity index (χ3n) is 7.27. The Morgan fingerprint density at radius 2 is 1.81 bits per heavy atom. The van der Waals surface area contributed by atoms with Crippen molar-refractivity contribution in [1.29, 1.82) is 0 Å². The summed E-state index contributed by atoms with van der Waals surface area (Å²) < 4.78 is 19.1. The number of nitrogens with zero attached hydrogens (tertiary/aromatic N) is 3. The van der Waals surface area contributed by atoms with Crippen molar-refractivity contribution < 1.29 is 23.8 Å². The van der Waals surface area contributed by atoms with Crippen molar-refractivity contribution in [1.82, 2.24) is 14.7 Å². The molecule has 1 amide bonds. The van der Waals surface area contributed by atoms with Crippen molar-refractivity contribution >= 4 is 12.1 Å². The Kier molecular flexibility index (Phi) is 8.54. The molecule has 0 spiro atoms. The molecule has 1 heterocycles. The summed E-state index contributed by atoms with van der Waals surface area (Å²) >= 11 is 0. The van der Waals surface area contributed by atoms with E-state index in [1.807, 2.05) is 52.1 Å². The maximum absolute atomic E-state index is 12.6. The molecule has 4 rings (SSSR count). The van der Waals surface area contributed by atoms with Crippen LogP contribution >= 0.6 is 0 Å². The molecule has 2 aliphatic carbocycles. The molecule has 36 heavy (non-hydrogen) atoms. The van der Waals surface area contributed by atoms with Crippen LogP contribution in [0.15, 0.2) is 30.5 Å². The zero-order valence-corrected chi connectivity index (χ0v) is 21.9. The van der Waals surface area contributed by atoms with Gasteiger partial charge in [-0.1, -0.05) is 12.8 Å². The van der Waals surface area contributed by atoms with Crippen molar-refractivity contribution in [2.75, 3.05) is 7.05 Å². The Morgan fingerprint density at radius 3 is 2.50 bits per heavy atom. The van der Waals surface area contributed by atoms with E-state index in [1.54, 1.807) is 15.8 Å². The van der Waals surface area contributed by atoms with Gasteiger partial charge in [-0.2, -0.15) is 5.10 Å². The predicted octanol–water partition coefficient (Wildman–Crippen LogP) is 5.58. The Balaban J connectivity index is 1.35. The average molecular weight is 498 g/mol. The van der Waals surface area contributed by atoms with Crippen molar-refractivity contribution in [2.45, 2.75) is 97.0 Å². The molecule has 2 aliphatic rings. The summed E-state index contributed by atoms with van der Waals surface area (Å²) in [5.74, 6) is 0.539. The monoisotopic (exact) mass is 497 g/mol. The number of hydrogen-bond acceptors (Lipinski definition) is 6. The lowest BCUT2D eigenvalue weighted by molar-refractivity contribution is -0.154. The van der Waals surface area contributed by atoms with Gasteiger partial charge in [-0.05, 0) is 89.1 Å². The molecule has 0 N–H and O–H groups in total. The zero-order valence-electron chi connectivity index (χ0n) is 21.9. The molecule has 2 atom stereocenters. The third-order valence-corrected chi connectivity index (χ3v) is 7.27. The second kappa shape index (κ2) is 11.8. The first-order valence-electron chi connectivity index (χ1n) is 13.2. The molecule has 0 saturated heterocycles. The number of benzene rings is 1. The summed E-state index contributed by atoms with van der Waals surface area (Å²) in [6.45, 7) is 5.88. The van der Waals surface area contributed by atoms with Gasteiger partial charge in [0.1, 0.15) is 12.4 Å². The number of hydrogen-bond donors (Lipinski definition) is 0. The molecule has 2 aromatic rings. The molecule has 0 aliphatic heterocycles. The Labute approximate surface area is 213 Å². The SMILES string of the molecule is Cc1cnn(-c2ccc(O[C@H]3CCC[C@H](C(=O)OC(C)C)C3)cc2)c1COC(=O)N(C)C1CCCC1. The first-order valence-corrected chi connectivity index (χ1v) is 13.2. The van der Waals surface area contributed by atoms with Gasteiger partial charge in [-0.25, -0.2) is 9.48 Å². The summed E-state index contributed by atoms with van der Waals surface area (Å²) in [5.41, 5.74) is 2.68. The van der Waals surface area contributed by atoms with Gasteiger partial charge < -0.3 is 19.1 Å². The largest absolute Gasteiger partial charge is 0.490 e. The lowest BCUT2D eigenvalue weighted by Crippen LogP contribution is -2.35. The van der Waals surface area contributed by atoms with Gasteiger partial charge in [0.2, 0.25) is 0 Å². The van der Waals surface area contributed by atoms with Crippen LogP contribution in [-0.4, -0.2) is 52.0 Å². The van der Waals surface area contributed by atoms with Crippen LogP contribution < -0.4 is 4.74 Å². The van der Waals surface area contributed by atoms with E-state index < -0.39 is 0 Å². The van der Waals surface area contributed by atoms with Crippen LogP contribution in [0.5, 0.6) is 5.75 Å². The number of aryl methyl sites for hydroxylation is 1. The number of carbonyl (C=O) groups is 2. The Hall–Kier alpha value is -3.03. The number of amides is 1. The fraction of sp³-hybridized carbons (Fsp3) is 0.607. The molecule has 0 radical (unpaired) electrons. The molecule has 8 nitrogen and oxygen atoms in total. The van der Waals surface area contributed by atoms with E-state index in [0.29, 0.717) is 6.42 Å². The lowest BCUT2D eigenvalue weighted by atomic mass is 9.87.